The second kappa shape index (κ2) is 6.58. The molecule has 1 heterocycles. The highest BCUT2D eigenvalue weighted by Crippen LogP contribution is 2.12. The summed E-state index contributed by atoms with van der Waals surface area (Å²) in [5, 5.41) is 8.47. The molecule has 1 fully saturated rings. The number of nitrogens with zero attached hydrogens (tertiary/aromatic N) is 4. The quantitative estimate of drug-likeness (QED) is 0.676. The molecule has 5 nitrogen and oxygen atoms in total. The Labute approximate surface area is 104 Å². The van der Waals surface area contributed by atoms with E-state index in [1.807, 2.05) is 0 Å². The van der Waals surface area contributed by atoms with Crippen molar-refractivity contribution in [2.75, 3.05) is 47.3 Å². The molecule has 5 heteroatoms. The number of hydrogen-bond acceptors (Lipinski definition) is 4. The third-order valence-electron chi connectivity index (χ3n) is 3.32. The highest BCUT2D eigenvalue weighted by atomic mass is 16.2. The van der Waals surface area contributed by atoms with Crippen LogP contribution in [0.1, 0.15) is 12.8 Å². The van der Waals surface area contributed by atoms with E-state index in [1.165, 1.54) is 0 Å². The zero-order valence-corrected chi connectivity index (χ0v) is 11.0. The maximum Gasteiger partial charge on any atom is 0.236 e. The molecule has 1 atom stereocenters. The molecular formula is C12H22N4O. The number of hydrogen-bond donors (Lipinski definition) is 0. The Morgan fingerprint density at radius 3 is 2.71 bits per heavy atom. The second-order valence-corrected chi connectivity index (χ2v) is 4.86. The van der Waals surface area contributed by atoms with Crippen molar-refractivity contribution in [3.05, 3.63) is 0 Å². The van der Waals surface area contributed by atoms with Crippen LogP contribution in [0.4, 0.5) is 0 Å². The number of rotatable bonds is 5. The highest BCUT2D eigenvalue weighted by molar-refractivity contribution is 5.78. The fourth-order valence-corrected chi connectivity index (χ4v) is 2.03. The van der Waals surface area contributed by atoms with E-state index in [4.69, 9.17) is 5.26 Å². The lowest BCUT2D eigenvalue weighted by Gasteiger charge is -2.22. The SMILES string of the molecule is CN(CCC#N)C(=O)CN1CCC(N(C)C)C1. The molecule has 0 N–H and O–H groups in total. The van der Waals surface area contributed by atoms with Crippen LogP contribution in [0.25, 0.3) is 0 Å². The minimum Gasteiger partial charge on any atom is -0.344 e. The van der Waals surface area contributed by atoms with E-state index in [2.05, 4.69) is 30.0 Å². The predicted octanol–water partition coefficient (Wildman–Crippen LogP) is -0.00562. The van der Waals surface area contributed by atoms with Gasteiger partial charge in [-0.15, -0.1) is 0 Å². The van der Waals surface area contributed by atoms with Gasteiger partial charge in [0.15, 0.2) is 0 Å². The van der Waals surface area contributed by atoms with Crippen molar-refractivity contribution >= 4 is 5.91 Å². The summed E-state index contributed by atoms with van der Waals surface area (Å²) in [6.07, 6.45) is 1.53. The topological polar surface area (TPSA) is 50.6 Å². The van der Waals surface area contributed by atoms with Crippen molar-refractivity contribution in [2.45, 2.75) is 18.9 Å². The normalized spacial score (nSPS) is 20.5. The van der Waals surface area contributed by atoms with Crippen molar-refractivity contribution in [3.63, 3.8) is 0 Å². The van der Waals surface area contributed by atoms with E-state index < -0.39 is 0 Å². The molecule has 1 rings (SSSR count). The van der Waals surface area contributed by atoms with E-state index in [0.717, 1.165) is 19.5 Å². The summed E-state index contributed by atoms with van der Waals surface area (Å²) in [6.45, 7) is 2.96. The first kappa shape index (κ1) is 13.9. The summed E-state index contributed by atoms with van der Waals surface area (Å²) >= 11 is 0. The summed E-state index contributed by atoms with van der Waals surface area (Å²) in [7, 11) is 5.92. The van der Waals surface area contributed by atoms with Crippen molar-refractivity contribution in [1.82, 2.24) is 14.7 Å². The van der Waals surface area contributed by atoms with E-state index in [-0.39, 0.29) is 5.91 Å². The standard InChI is InChI=1S/C12H22N4O/c1-14(2)11-5-8-16(9-11)10-12(17)15(3)7-4-6-13/h11H,4-5,7-10H2,1-3H3. The molecular weight excluding hydrogens is 216 g/mol. The zero-order chi connectivity index (χ0) is 12.8. The number of carbonyl (C=O) groups excluding carboxylic acids is 1. The largest absolute Gasteiger partial charge is 0.344 e. The number of amides is 1. The van der Waals surface area contributed by atoms with Crippen LogP contribution in [-0.4, -0.2) is 74.0 Å². The Kier molecular flexibility index (Phi) is 5.39. The third-order valence-corrected chi connectivity index (χ3v) is 3.32. The van der Waals surface area contributed by atoms with Gasteiger partial charge in [-0.3, -0.25) is 9.69 Å². The lowest BCUT2D eigenvalue weighted by molar-refractivity contribution is -0.130. The van der Waals surface area contributed by atoms with Crippen molar-refractivity contribution in [1.29, 1.82) is 5.26 Å². The first-order chi connectivity index (χ1) is 8.04. The van der Waals surface area contributed by atoms with Crippen LogP contribution in [0.5, 0.6) is 0 Å². The molecule has 0 bridgehead atoms. The van der Waals surface area contributed by atoms with Crippen LogP contribution in [0.3, 0.4) is 0 Å². The monoisotopic (exact) mass is 238 g/mol. The second-order valence-electron chi connectivity index (χ2n) is 4.86. The van der Waals surface area contributed by atoms with Crippen LogP contribution < -0.4 is 0 Å². The van der Waals surface area contributed by atoms with Crippen molar-refractivity contribution in [3.8, 4) is 6.07 Å². The van der Waals surface area contributed by atoms with Gasteiger partial charge in [0.2, 0.25) is 5.91 Å². The predicted molar refractivity (Wildman–Crippen MR) is 66.4 cm³/mol. The van der Waals surface area contributed by atoms with Crippen molar-refractivity contribution < 1.29 is 4.79 Å². The Morgan fingerprint density at radius 2 is 2.18 bits per heavy atom. The van der Waals surface area contributed by atoms with Gasteiger partial charge in [0.05, 0.1) is 19.0 Å². The molecule has 1 amide bonds. The Morgan fingerprint density at radius 1 is 1.47 bits per heavy atom. The highest BCUT2D eigenvalue weighted by Gasteiger charge is 2.25. The van der Waals surface area contributed by atoms with Gasteiger partial charge >= 0.3 is 0 Å². The smallest absolute Gasteiger partial charge is 0.236 e. The molecule has 1 saturated heterocycles. The van der Waals surface area contributed by atoms with Crippen LogP contribution >= 0.6 is 0 Å². The van der Waals surface area contributed by atoms with Gasteiger partial charge in [-0.2, -0.15) is 5.26 Å². The fraction of sp³-hybridized carbons (Fsp3) is 0.833. The third kappa shape index (κ3) is 4.33. The fourth-order valence-electron chi connectivity index (χ4n) is 2.03. The molecule has 0 aromatic heterocycles. The van der Waals surface area contributed by atoms with Gasteiger partial charge in [0.1, 0.15) is 0 Å². The molecule has 0 aromatic carbocycles. The summed E-state index contributed by atoms with van der Waals surface area (Å²) in [6, 6.07) is 2.62. The molecule has 1 aliphatic heterocycles. The van der Waals surface area contributed by atoms with Gasteiger partial charge < -0.3 is 9.80 Å². The van der Waals surface area contributed by atoms with Crippen molar-refractivity contribution in [2.24, 2.45) is 0 Å². The molecule has 0 aromatic rings. The summed E-state index contributed by atoms with van der Waals surface area (Å²) in [5.41, 5.74) is 0. The molecule has 17 heavy (non-hydrogen) atoms. The lowest BCUT2D eigenvalue weighted by Crippen LogP contribution is -2.39. The van der Waals surface area contributed by atoms with Crippen LogP contribution in [0.2, 0.25) is 0 Å². The van der Waals surface area contributed by atoms with E-state index >= 15 is 0 Å². The molecule has 1 unspecified atom stereocenters. The minimum atomic E-state index is 0.111. The summed E-state index contributed by atoms with van der Waals surface area (Å²) < 4.78 is 0. The molecule has 96 valence electrons. The number of carbonyl (C=O) groups is 1. The maximum atomic E-state index is 11.8. The average Bonchev–Trinajstić information content (AvgIpc) is 2.74. The van der Waals surface area contributed by atoms with Gasteiger partial charge in [-0.1, -0.05) is 0 Å². The summed E-state index contributed by atoms with van der Waals surface area (Å²) in [5.74, 6) is 0.111. The molecule has 0 spiro atoms. The Balaban J connectivity index is 2.30. The van der Waals surface area contributed by atoms with Crippen LogP contribution in [0, 0.1) is 11.3 Å². The molecule has 0 saturated carbocycles. The Hall–Kier alpha value is -1.12. The maximum absolute atomic E-state index is 11.8. The van der Waals surface area contributed by atoms with Gasteiger partial charge in [0, 0.05) is 32.7 Å². The van der Waals surface area contributed by atoms with Gasteiger partial charge in [0.25, 0.3) is 0 Å². The van der Waals surface area contributed by atoms with E-state index in [9.17, 15) is 4.79 Å². The molecule has 0 radical (unpaired) electrons. The van der Waals surface area contributed by atoms with E-state index in [0.29, 0.717) is 25.6 Å². The lowest BCUT2D eigenvalue weighted by atomic mass is 10.2. The van der Waals surface area contributed by atoms with Gasteiger partial charge in [-0.05, 0) is 20.5 Å². The van der Waals surface area contributed by atoms with Crippen LogP contribution in [-0.2, 0) is 4.79 Å². The number of likely N-dealkylation sites (N-methyl/N-ethyl adjacent to an activating group) is 2. The summed E-state index contributed by atoms with van der Waals surface area (Å²) in [4.78, 5) is 17.9. The zero-order valence-electron chi connectivity index (χ0n) is 11.0. The number of nitriles is 1. The van der Waals surface area contributed by atoms with Crippen LogP contribution in [0.15, 0.2) is 0 Å². The molecule has 0 aliphatic carbocycles. The molecule has 1 aliphatic rings. The minimum absolute atomic E-state index is 0.111. The van der Waals surface area contributed by atoms with Gasteiger partial charge in [-0.25, -0.2) is 0 Å². The van der Waals surface area contributed by atoms with E-state index in [1.54, 1.807) is 11.9 Å². The first-order valence-corrected chi connectivity index (χ1v) is 6.04. The first-order valence-electron chi connectivity index (χ1n) is 6.04. The number of likely N-dealkylation sites (tertiary alicyclic amines) is 1. The average molecular weight is 238 g/mol. The Bertz CT molecular complexity index is 297.